The number of nitrogens with one attached hydrogen (secondary N) is 1. The second-order valence-corrected chi connectivity index (χ2v) is 5.15. The average Bonchev–Trinajstić information content (AvgIpc) is 2.79. The molecule has 0 saturated carbocycles. The number of nitrogens with zero attached hydrogens (tertiary/aromatic N) is 3. The molecular weight excluding hydrogens is 244 g/mol. The third-order valence-corrected chi connectivity index (χ3v) is 3.69. The van der Waals surface area contributed by atoms with E-state index in [-0.39, 0.29) is 0 Å². The lowest BCUT2D eigenvalue weighted by Gasteiger charge is -2.17. The largest absolute Gasteiger partial charge is 0.377 e. The average molecular weight is 262 g/mol. The van der Waals surface area contributed by atoms with Crippen LogP contribution in [0.25, 0.3) is 0 Å². The molecule has 0 aliphatic rings. The molecule has 1 heterocycles. The molecule has 1 aromatic heterocycles. The zero-order valence-corrected chi connectivity index (χ0v) is 11.8. The first kappa shape index (κ1) is 13.0. The van der Waals surface area contributed by atoms with Crippen LogP contribution in [0.5, 0.6) is 0 Å². The third kappa shape index (κ3) is 3.05. The van der Waals surface area contributed by atoms with E-state index < -0.39 is 0 Å². The summed E-state index contributed by atoms with van der Waals surface area (Å²) >= 11 is 1.40. The highest BCUT2D eigenvalue weighted by atomic mass is 32.1. The molecule has 2 rings (SSSR count). The van der Waals surface area contributed by atoms with Gasteiger partial charge in [-0.3, -0.25) is 4.90 Å². The Hall–Kier alpha value is -1.46. The molecule has 1 N–H and O–H groups in total. The Bertz CT molecular complexity index is 509. The predicted octanol–water partition coefficient (Wildman–Crippen LogP) is 2.52. The molecule has 0 amide bonds. The van der Waals surface area contributed by atoms with Gasteiger partial charge in [-0.05, 0) is 25.1 Å². The van der Waals surface area contributed by atoms with E-state index in [4.69, 9.17) is 0 Å². The van der Waals surface area contributed by atoms with Crippen LogP contribution in [0.4, 0.5) is 5.00 Å². The summed E-state index contributed by atoms with van der Waals surface area (Å²) in [5.41, 5.74) is 3.70. The van der Waals surface area contributed by atoms with Gasteiger partial charge < -0.3 is 5.32 Å². The van der Waals surface area contributed by atoms with Crippen LogP contribution in [-0.2, 0) is 13.1 Å². The zero-order valence-electron chi connectivity index (χ0n) is 11.0. The Labute approximate surface area is 112 Å². The van der Waals surface area contributed by atoms with Crippen molar-refractivity contribution >= 4 is 16.5 Å². The topological polar surface area (TPSA) is 41.1 Å². The highest BCUT2D eigenvalue weighted by molar-refractivity contribution is 7.10. The first-order valence-corrected chi connectivity index (χ1v) is 6.70. The van der Waals surface area contributed by atoms with Gasteiger partial charge in [0.1, 0.15) is 10.7 Å². The molecule has 0 spiro atoms. The number of aromatic nitrogens is 2. The van der Waals surface area contributed by atoms with E-state index in [0.29, 0.717) is 0 Å². The van der Waals surface area contributed by atoms with Gasteiger partial charge in [-0.1, -0.05) is 28.8 Å². The Kier molecular flexibility index (Phi) is 4.28. The molecule has 96 valence electrons. The van der Waals surface area contributed by atoms with Gasteiger partial charge in [0.25, 0.3) is 0 Å². The SMILES string of the molecule is CNc1snnc1CN(C)Cc1ccccc1C. The number of hydrogen-bond donors (Lipinski definition) is 1. The monoisotopic (exact) mass is 262 g/mol. The highest BCUT2D eigenvalue weighted by Crippen LogP contribution is 2.19. The summed E-state index contributed by atoms with van der Waals surface area (Å²) in [6.45, 7) is 3.88. The van der Waals surface area contributed by atoms with E-state index in [9.17, 15) is 0 Å². The molecule has 0 radical (unpaired) electrons. The van der Waals surface area contributed by atoms with Crippen molar-refractivity contribution in [3.8, 4) is 0 Å². The third-order valence-electron chi connectivity index (χ3n) is 2.90. The van der Waals surface area contributed by atoms with Gasteiger partial charge in [-0.15, -0.1) is 5.10 Å². The summed E-state index contributed by atoms with van der Waals surface area (Å²) in [5, 5.41) is 8.33. The van der Waals surface area contributed by atoms with E-state index in [1.165, 1.54) is 22.7 Å². The molecule has 2 aromatic rings. The second kappa shape index (κ2) is 5.93. The van der Waals surface area contributed by atoms with E-state index in [0.717, 1.165) is 23.8 Å². The zero-order chi connectivity index (χ0) is 13.0. The van der Waals surface area contributed by atoms with Gasteiger partial charge in [-0.25, -0.2) is 0 Å². The van der Waals surface area contributed by atoms with Crippen LogP contribution in [0.2, 0.25) is 0 Å². The summed E-state index contributed by atoms with van der Waals surface area (Å²) in [4.78, 5) is 2.25. The molecular formula is C13H18N4S. The molecule has 0 aliphatic heterocycles. The van der Waals surface area contributed by atoms with Gasteiger partial charge >= 0.3 is 0 Å². The number of anilines is 1. The summed E-state index contributed by atoms with van der Waals surface area (Å²) in [6.07, 6.45) is 0. The van der Waals surface area contributed by atoms with Crippen molar-refractivity contribution in [1.29, 1.82) is 0 Å². The maximum atomic E-state index is 4.16. The number of benzene rings is 1. The van der Waals surface area contributed by atoms with Gasteiger partial charge in [0.15, 0.2) is 0 Å². The Morgan fingerprint density at radius 3 is 2.78 bits per heavy atom. The van der Waals surface area contributed by atoms with Gasteiger partial charge in [0.2, 0.25) is 0 Å². The fourth-order valence-corrected chi connectivity index (χ4v) is 2.41. The molecule has 0 aliphatic carbocycles. The van der Waals surface area contributed by atoms with E-state index in [1.807, 2.05) is 7.05 Å². The van der Waals surface area contributed by atoms with Crippen LogP contribution >= 0.6 is 11.5 Å². The van der Waals surface area contributed by atoms with E-state index in [2.05, 4.69) is 58.0 Å². The molecule has 18 heavy (non-hydrogen) atoms. The normalized spacial score (nSPS) is 10.9. The maximum Gasteiger partial charge on any atom is 0.134 e. The smallest absolute Gasteiger partial charge is 0.134 e. The number of rotatable bonds is 5. The van der Waals surface area contributed by atoms with Gasteiger partial charge in [0.05, 0.1) is 0 Å². The minimum Gasteiger partial charge on any atom is -0.377 e. The minimum atomic E-state index is 0.807. The standard InChI is InChI=1S/C13H18N4S/c1-10-6-4-5-7-11(10)8-17(3)9-12-13(14-2)18-16-15-12/h4-7,14H,8-9H2,1-3H3. The first-order chi connectivity index (χ1) is 8.70. The lowest BCUT2D eigenvalue weighted by Crippen LogP contribution is -2.18. The van der Waals surface area contributed by atoms with Crippen LogP contribution in [0.15, 0.2) is 24.3 Å². The first-order valence-electron chi connectivity index (χ1n) is 5.92. The molecule has 1 aromatic carbocycles. The summed E-state index contributed by atoms with van der Waals surface area (Å²) < 4.78 is 3.97. The summed E-state index contributed by atoms with van der Waals surface area (Å²) in [6, 6.07) is 8.47. The molecule has 0 saturated heterocycles. The summed E-state index contributed by atoms with van der Waals surface area (Å²) in [5.74, 6) is 0. The van der Waals surface area contributed by atoms with Crippen molar-refractivity contribution in [2.45, 2.75) is 20.0 Å². The minimum absolute atomic E-state index is 0.807. The Morgan fingerprint density at radius 1 is 1.28 bits per heavy atom. The molecule has 0 atom stereocenters. The van der Waals surface area contributed by atoms with Crippen LogP contribution in [0.1, 0.15) is 16.8 Å². The highest BCUT2D eigenvalue weighted by Gasteiger charge is 2.10. The van der Waals surface area contributed by atoms with E-state index >= 15 is 0 Å². The van der Waals surface area contributed by atoms with Crippen molar-refractivity contribution in [2.75, 3.05) is 19.4 Å². The van der Waals surface area contributed by atoms with Gasteiger partial charge in [0, 0.05) is 31.7 Å². The van der Waals surface area contributed by atoms with Crippen molar-refractivity contribution in [3.05, 3.63) is 41.1 Å². The fourth-order valence-electron chi connectivity index (χ4n) is 1.89. The number of hydrogen-bond acceptors (Lipinski definition) is 5. The quantitative estimate of drug-likeness (QED) is 0.899. The van der Waals surface area contributed by atoms with Crippen molar-refractivity contribution < 1.29 is 0 Å². The van der Waals surface area contributed by atoms with Gasteiger partial charge in [-0.2, -0.15) is 0 Å². The maximum absolute atomic E-state index is 4.16. The van der Waals surface area contributed by atoms with Crippen LogP contribution in [0, 0.1) is 6.92 Å². The van der Waals surface area contributed by atoms with Crippen LogP contribution < -0.4 is 5.32 Å². The number of aryl methyl sites for hydroxylation is 1. The molecule has 0 fully saturated rings. The fraction of sp³-hybridized carbons (Fsp3) is 0.385. The summed E-state index contributed by atoms with van der Waals surface area (Å²) in [7, 11) is 4.01. The molecule has 5 heteroatoms. The van der Waals surface area contributed by atoms with E-state index in [1.54, 1.807) is 0 Å². The molecule has 4 nitrogen and oxygen atoms in total. The lowest BCUT2D eigenvalue weighted by molar-refractivity contribution is 0.315. The van der Waals surface area contributed by atoms with Crippen LogP contribution in [0.3, 0.4) is 0 Å². The molecule has 0 bridgehead atoms. The Balaban J connectivity index is 2.01. The lowest BCUT2D eigenvalue weighted by atomic mass is 10.1. The van der Waals surface area contributed by atoms with Crippen molar-refractivity contribution in [1.82, 2.24) is 14.5 Å². The predicted molar refractivity (Wildman–Crippen MR) is 75.8 cm³/mol. The molecule has 0 unspecified atom stereocenters. The van der Waals surface area contributed by atoms with Crippen molar-refractivity contribution in [3.63, 3.8) is 0 Å². The van der Waals surface area contributed by atoms with Crippen molar-refractivity contribution in [2.24, 2.45) is 0 Å². The second-order valence-electron chi connectivity index (χ2n) is 4.40. The van der Waals surface area contributed by atoms with Crippen LogP contribution in [-0.4, -0.2) is 28.6 Å². The Morgan fingerprint density at radius 2 is 2.06 bits per heavy atom.